The van der Waals surface area contributed by atoms with Crippen molar-refractivity contribution < 1.29 is 84.7 Å². The molecule has 13 N–H and O–H groups in total. The zero-order valence-electron chi connectivity index (χ0n) is 36.7. The molecule has 0 saturated carbocycles. The zero-order valence-corrected chi connectivity index (χ0v) is 36.7. The monoisotopic (exact) mass is 909 g/mol. The number of carboxylic acid groups (broad SMARTS) is 1. The highest BCUT2D eigenvalue weighted by molar-refractivity contribution is 5.71. The van der Waals surface area contributed by atoms with Gasteiger partial charge in [0.05, 0.1) is 86.2 Å². The average molecular weight is 910 g/mol. The number of carbonyl (C=O) groups is 2. The van der Waals surface area contributed by atoms with Crippen LogP contribution in [0.25, 0.3) is 0 Å². The Kier molecular flexibility index (Phi) is 23.4. The number of aliphatic carboxylic acids is 1. The third-order valence-corrected chi connectivity index (χ3v) is 11.5. The van der Waals surface area contributed by atoms with Gasteiger partial charge in [-0.15, -0.1) is 0 Å². The molecule has 3 aliphatic heterocycles. The summed E-state index contributed by atoms with van der Waals surface area (Å²) in [6, 6.07) is -1.15. The summed E-state index contributed by atoms with van der Waals surface area (Å²) in [4.78, 5) is 24.9. The maximum atomic E-state index is 12.5. The maximum Gasteiger partial charge on any atom is 0.311 e. The molecule has 1 unspecified atom stereocenters. The maximum absolute atomic E-state index is 12.5. The van der Waals surface area contributed by atoms with Gasteiger partial charge in [0.2, 0.25) is 0 Å². The van der Waals surface area contributed by atoms with Gasteiger partial charge in [0.15, 0.2) is 12.1 Å². The number of fused-ring (bicyclic) bond motifs is 2. The Labute approximate surface area is 374 Å². The van der Waals surface area contributed by atoms with Crippen molar-refractivity contribution in [2.45, 2.75) is 164 Å². The predicted molar refractivity (Wildman–Crippen MR) is 232 cm³/mol. The number of carboxylic acids is 1. The van der Waals surface area contributed by atoms with Crippen molar-refractivity contribution in [2.24, 2.45) is 23.5 Å². The SMILES string of the molecule is C[C@H]1C=CC=CC=CC=CC=CC=CC=C[C@H](O[C@@H]2O[C@H](C)[C@@H](O)[C@H](N)[C@@H]2O)CC2O[C@](O)(C[C@@H](O)C[C@@H](O)[C@H](O)CC[C@@H](O)C[C@@H](O)CC(=O)OC[C@H](C)[C@@H]1O)C[C@H](O)[C@H]2C(=O)O. The van der Waals surface area contributed by atoms with Gasteiger partial charge in [-0.05, 0) is 26.2 Å². The number of carbonyl (C=O) groups excluding carboxylic acids is 1. The van der Waals surface area contributed by atoms with E-state index in [2.05, 4.69) is 0 Å². The molecule has 0 aromatic rings. The molecule has 3 rings (SSSR count). The van der Waals surface area contributed by atoms with Crippen LogP contribution in [0.1, 0.15) is 72.1 Å². The summed E-state index contributed by atoms with van der Waals surface area (Å²) in [6.45, 7) is 4.98. The van der Waals surface area contributed by atoms with Crippen molar-refractivity contribution in [1.82, 2.24) is 0 Å². The Morgan fingerprint density at radius 3 is 1.86 bits per heavy atom. The van der Waals surface area contributed by atoms with Crippen molar-refractivity contribution in [3.05, 3.63) is 85.1 Å². The van der Waals surface area contributed by atoms with Crippen molar-refractivity contribution in [3.63, 3.8) is 0 Å². The molecule has 0 radical (unpaired) electrons. The lowest BCUT2D eigenvalue weighted by molar-refractivity contribution is -0.308. The van der Waals surface area contributed by atoms with Crippen LogP contribution < -0.4 is 5.73 Å². The Balaban J connectivity index is 1.85. The molecule has 18 atom stereocenters. The van der Waals surface area contributed by atoms with Crippen molar-refractivity contribution >= 4 is 11.9 Å². The van der Waals surface area contributed by atoms with Crippen molar-refractivity contribution in [2.75, 3.05) is 6.61 Å². The predicted octanol–water partition coefficient (Wildman–Crippen LogP) is 0.323. The van der Waals surface area contributed by atoms with E-state index >= 15 is 0 Å². The number of rotatable bonds is 3. The van der Waals surface area contributed by atoms with E-state index in [0.29, 0.717) is 0 Å². The van der Waals surface area contributed by atoms with Crippen LogP contribution in [0.15, 0.2) is 85.1 Å². The molecular weight excluding hydrogens is 838 g/mol. The summed E-state index contributed by atoms with van der Waals surface area (Å²) in [5.74, 6) is -6.77. The van der Waals surface area contributed by atoms with Crippen LogP contribution in [0.5, 0.6) is 0 Å². The highest BCUT2D eigenvalue weighted by Crippen LogP contribution is 2.38. The van der Waals surface area contributed by atoms with Crippen LogP contribution in [0, 0.1) is 17.8 Å². The van der Waals surface area contributed by atoms with Gasteiger partial charge in [-0.3, -0.25) is 9.59 Å². The van der Waals surface area contributed by atoms with Crippen LogP contribution in [0.4, 0.5) is 0 Å². The number of aliphatic hydroxyl groups excluding tert-OH is 9. The Bertz CT molecular complexity index is 1630. The Morgan fingerprint density at radius 1 is 0.688 bits per heavy atom. The van der Waals surface area contributed by atoms with E-state index in [1.165, 1.54) is 13.0 Å². The molecule has 18 nitrogen and oxygen atoms in total. The molecular formula is C46H71NO17. The number of hydrogen-bond donors (Lipinski definition) is 12. The second-order valence-corrected chi connectivity index (χ2v) is 17.2. The first-order valence-corrected chi connectivity index (χ1v) is 21.9. The second-order valence-electron chi connectivity index (χ2n) is 17.2. The van der Waals surface area contributed by atoms with Gasteiger partial charge in [-0.1, -0.05) is 98.9 Å². The quantitative estimate of drug-likeness (QED) is 0.170. The van der Waals surface area contributed by atoms with E-state index in [1.807, 2.05) is 13.0 Å². The topological polar surface area (TPSA) is 320 Å². The van der Waals surface area contributed by atoms with Gasteiger partial charge in [0.1, 0.15) is 12.0 Å². The molecule has 3 heterocycles. The number of hydrogen-bond acceptors (Lipinski definition) is 17. The van der Waals surface area contributed by atoms with Gasteiger partial charge < -0.3 is 80.9 Å². The van der Waals surface area contributed by atoms with E-state index in [0.717, 1.165) is 0 Å². The minimum Gasteiger partial charge on any atom is -0.481 e. The van der Waals surface area contributed by atoms with Gasteiger partial charge >= 0.3 is 11.9 Å². The number of esters is 1. The summed E-state index contributed by atoms with van der Waals surface area (Å²) in [5, 5.41) is 118. The van der Waals surface area contributed by atoms with E-state index in [-0.39, 0.29) is 38.2 Å². The Morgan fingerprint density at radius 2 is 1.27 bits per heavy atom. The summed E-state index contributed by atoms with van der Waals surface area (Å²) in [6.07, 6.45) is 4.21. The highest BCUT2D eigenvalue weighted by Gasteiger charge is 2.51. The van der Waals surface area contributed by atoms with Gasteiger partial charge in [0.25, 0.3) is 0 Å². The molecule has 3 aliphatic rings. The molecule has 0 aliphatic carbocycles. The average Bonchev–Trinajstić information content (AvgIpc) is 3.21. The summed E-state index contributed by atoms with van der Waals surface area (Å²) in [5.41, 5.74) is 6.01. The van der Waals surface area contributed by atoms with Gasteiger partial charge in [0, 0.05) is 37.5 Å². The molecule has 18 heteroatoms. The summed E-state index contributed by atoms with van der Waals surface area (Å²) < 4.78 is 22.9. The van der Waals surface area contributed by atoms with Crippen LogP contribution in [0.3, 0.4) is 0 Å². The number of nitrogens with two attached hydrogens (primary N) is 1. The molecule has 0 spiro atoms. The largest absolute Gasteiger partial charge is 0.481 e. The Hall–Kier alpha value is -3.44. The van der Waals surface area contributed by atoms with Crippen molar-refractivity contribution in [1.29, 1.82) is 0 Å². The number of aliphatic hydroxyl groups is 10. The number of cyclic esters (lactones) is 1. The highest BCUT2D eigenvalue weighted by atomic mass is 16.7. The molecule has 2 fully saturated rings. The molecule has 0 aromatic heterocycles. The van der Waals surface area contributed by atoms with E-state index < -0.39 is 141 Å². The van der Waals surface area contributed by atoms with Crippen LogP contribution in [-0.2, 0) is 28.5 Å². The van der Waals surface area contributed by atoms with Gasteiger partial charge in [-0.25, -0.2) is 0 Å². The first-order valence-electron chi connectivity index (χ1n) is 21.9. The first kappa shape index (κ1) is 54.9. The molecule has 2 bridgehead atoms. The molecule has 0 amide bonds. The minimum absolute atomic E-state index is 0.0946. The van der Waals surface area contributed by atoms with E-state index in [9.17, 15) is 65.8 Å². The van der Waals surface area contributed by atoms with E-state index in [4.69, 9.17) is 24.7 Å². The van der Waals surface area contributed by atoms with Crippen LogP contribution in [0.2, 0.25) is 0 Å². The fraction of sp³-hybridized carbons (Fsp3) is 0.652. The first-order chi connectivity index (χ1) is 30.2. The molecule has 64 heavy (non-hydrogen) atoms. The lowest BCUT2D eigenvalue weighted by atomic mass is 9.82. The number of allylic oxidation sites excluding steroid dienone is 12. The standard InChI is InChI=1S/C46H71NO17/c1-27-16-14-12-10-8-6-4-5-7-9-11-13-15-17-33(63-45-43(57)40(47)42(56)29(3)62-45)23-37-39(44(58)59)36(53)25-46(60,64-37)24-32(50)21-35(52)34(51)19-18-30(48)20-31(49)22-38(54)61-26-28(2)41(27)55/h4-17,27-37,39-43,45,48-53,55-57,60H,18-26,47H2,1-3H3,(H,58,59)/t27-,28-,29+,30+,31+,32-,33-,34+,35+,36-,37?,39+,40-,41+,42+,43-,45-,46+/m0/s1. The smallest absolute Gasteiger partial charge is 0.311 e. The summed E-state index contributed by atoms with van der Waals surface area (Å²) >= 11 is 0. The summed E-state index contributed by atoms with van der Waals surface area (Å²) in [7, 11) is 0. The fourth-order valence-corrected chi connectivity index (χ4v) is 7.75. The van der Waals surface area contributed by atoms with Crippen LogP contribution in [-0.4, -0.2) is 166 Å². The lowest BCUT2D eigenvalue weighted by Crippen LogP contribution is -2.61. The lowest BCUT2D eigenvalue weighted by Gasteiger charge is -2.45. The molecule has 362 valence electrons. The van der Waals surface area contributed by atoms with Gasteiger partial charge in [-0.2, -0.15) is 0 Å². The van der Waals surface area contributed by atoms with Crippen LogP contribution >= 0.6 is 0 Å². The third kappa shape index (κ3) is 18.4. The molecule has 0 aromatic carbocycles. The van der Waals surface area contributed by atoms with E-state index in [1.54, 1.807) is 79.8 Å². The molecule has 2 saturated heterocycles. The third-order valence-electron chi connectivity index (χ3n) is 11.5. The second kappa shape index (κ2) is 27.3. The normalized spacial score (nSPS) is 41.3. The van der Waals surface area contributed by atoms with Crippen molar-refractivity contribution in [3.8, 4) is 0 Å². The number of ether oxygens (including phenoxy) is 4. The zero-order chi connectivity index (χ0) is 47.6. The fourth-order valence-electron chi connectivity index (χ4n) is 7.75. The minimum atomic E-state index is -2.32.